The molecule has 1 atom stereocenters. The van der Waals surface area contributed by atoms with Crippen LogP contribution in [0.15, 0.2) is 30.9 Å². The minimum absolute atomic E-state index is 0.494. The van der Waals surface area contributed by atoms with E-state index in [2.05, 4.69) is 51.0 Å². The van der Waals surface area contributed by atoms with Crippen LogP contribution in [0, 0.1) is 13.8 Å². The Morgan fingerprint density at radius 1 is 1.22 bits per heavy atom. The van der Waals surface area contributed by atoms with Crippen LogP contribution < -0.4 is 5.32 Å². The van der Waals surface area contributed by atoms with Gasteiger partial charge in [0.15, 0.2) is 0 Å². The van der Waals surface area contributed by atoms with Gasteiger partial charge >= 0.3 is 0 Å². The number of nitrogens with one attached hydrogen (secondary N) is 1. The molecule has 0 saturated carbocycles. The molecule has 1 heteroatoms. The molecule has 1 aromatic carbocycles. The van der Waals surface area contributed by atoms with Gasteiger partial charge in [0, 0.05) is 6.04 Å². The zero-order valence-electron chi connectivity index (χ0n) is 12.1. The van der Waals surface area contributed by atoms with Crippen LogP contribution in [-0.2, 0) is 0 Å². The second-order valence-electron chi connectivity index (χ2n) is 5.06. The van der Waals surface area contributed by atoms with Crippen molar-refractivity contribution in [3.8, 4) is 0 Å². The molecule has 0 radical (unpaired) electrons. The number of benzene rings is 1. The molecule has 0 fully saturated rings. The predicted octanol–water partition coefficient (Wildman–Crippen LogP) is 4.70. The van der Waals surface area contributed by atoms with Gasteiger partial charge in [0.05, 0.1) is 0 Å². The third-order valence-corrected chi connectivity index (χ3v) is 3.77. The molecule has 0 aliphatic carbocycles. The molecular weight excluding hydrogens is 218 g/mol. The molecule has 0 aromatic heterocycles. The summed E-state index contributed by atoms with van der Waals surface area (Å²) >= 11 is 0. The minimum Gasteiger partial charge on any atom is -0.313 e. The molecule has 1 N–H and O–H groups in total. The van der Waals surface area contributed by atoms with Crippen LogP contribution >= 0.6 is 0 Å². The molecule has 1 nitrogen and oxygen atoms in total. The maximum Gasteiger partial charge on any atom is 0.0320 e. The fraction of sp³-hybridized carbons (Fsp3) is 0.529. The predicted molar refractivity (Wildman–Crippen MR) is 81.0 cm³/mol. The summed E-state index contributed by atoms with van der Waals surface area (Å²) in [6.07, 6.45) is 8.24. The lowest BCUT2D eigenvalue weighted by Crippen LogP contribution is -2.17. The summed E-state index contributed by atoms with van der Waals surface area (Å²) in [5.41, 5.74) is 4.28. The Morgan fingerprint density at radius 2 is 2.00 bits per heavy atom. The van der Waals surface area contributed by atoms with Crippen molar-refractivity contribution in [2.75, 3.05) is 7.05 Å². The van der Waals surface area contributed by atoms with Crippen molar-refractivity contribution in [1.82, 2.24) is 5.32 Å². The number of unbranched alkanes of at least 4 members (excludes halogenated alkanes) is 3. The Bertz CT molecular complexity index is 368. The number of rotatable bonds is 8. The monoisotopic (exact) mass is 245 g/mol. The van der Waals surface area contributed by atoms with Crippen molar-refractivity contribution in [2.24, 2.45) is 0 Å². The van der Waals surface area contributed by atoms with Gasteiger partial charge in [-0.05, 0) is 56.8 Å². The van der Waals surface area contributed by atoms with Crippen molar-refractivity contribution in [2.45, 2.75) is 52.0 Å². The third kappa shape index (κ3) is 4.30. The molecule has 0 spiro atoms. The molecule has 0 heterocycles. The molecule has 0 saturated heterocycles. The van der Waals surface area contributed by atoms with Crippen molar-refractivity contribution in [1.29, 1.82) is 0 Å². The van der Waals surface area contributed by atoms with E-state index in [1.165, 1.54) is 42.4 Å². The summed E-state index contributed by atoms with van der Waals surface area (Å²) in [7, 11) is 2.07. The quantitative estimate of drug-likeness (QED) is 0.517. The highest BCUT2D eigenvalue weighted by atomic mass is 14.9. The normalized spacial score (nSPS) is 12.4. The lowest BCUT2D eigenvalue weighted by molar-refractivity contribution is 0.506. The van der Waals surface area contributed by atoms with Gasteiger partial charge in [-0.1, -0.05) is 37.1 Å². The van der Waals surface area contributed by atoms with Crippen LogP contribution in [0.25, 0.3) is 0 Å². The lowest BCUT2D eigenvalue weighted by atomic mass is 9.94. The molecule has 0 aliphatic heterocycles. The van der Waals surface area contributed by atoms with Gasteiger partial charge in [-0.3, -0.25) is 0 Å². The van der Waals surface area contributed by atoms with E-state index in [4.69, 9.17) is 0 Å². The first-order valence-electron chi connectivity index (χ1n) is 7.05. The van der Waals surface area contributed by atoms with E-state index < -0.39 is 0 Å². The average Bonchev–Trinajstić information content (AvgIpc) is 2.38. The van der Waals surface area contributed by atoms with Crippen molar-refractivity contribution in [3.63, 3.8) is 0 Å². The van der Waals surface area contributed by atoms with Crippen molar-refractivity contribution < 1.29 is 0 Å². The second kappa shape index (κ2) is 8.10. The maximum atomic E-state index is 3.77. The number of allylic oxidation sites excluding steroid dienone is 1. The van der Waals surface area contributed by atoms with Crippen molar-refractivity contribution in [3.05, 3.63) is 47.5 Å². The van der Waals surface area contributed by atoms with Crippen LogP contribution in [0.1, 0.15) is 54.8 Å². The smallest absolute Gasteiger partial charge is 0.0320 e. The highest BCUT2D eigenvalue weighted by molar-refractivity contribution is 5.35. The fourth-order valence-corrected chi connectivity index (χ4v) is 2.42. The fourth-order valence-electron chi connectivity index (χ4n) is 2.42. The average molecular weight is 245 g/mol. The van der Waals surface area contributed by atoms with Crippen LogP contribution in [0.3, 0.4) is 0 Å². The van der Waals surface area contributed by atoms with E-state index in [0.29, 0.717) is 6.04 Å². The largest absolute Gasteiger partial charge is 0.313 e. The Labute approximate surface area is 112 Å². The summed E-state index contributed by atoms with van der Waals surface area (Å²) in [6.45, 7) is 8.19. The maximum absolute atomic E-state index is 3.77. The van der Waals surface area contributed by atoms with Gasteiger partial charge in [0.2, 0.25) is 0 Å². The first-order chi connectivity index (χ1) is 8.70. The molecule has 18 heavy (non-hydrogen) atoms. The Hall–Kier alpha value is -1.08. The summed E-state index contributed by atoms with van der Waals surface area (Å²) in [5.74, 6) is 0. The standard InChI is InChI=1S/C17H27N/c1-5-6-7-8-9-13-17(18-4)16-12-10-11-14(2)15(16)3/h5,10-12,17-18H,1,6-9,13H2,2-4H3. The zero-order valence-corrected chi connectivity index (χ0v) is 12.1. The molecule has 1 unspecified atom stereocenters. The first kappa shape index (κ1) is 15.0. The number of hydrogen-bond acceptors (Lipinski definition) is 1. The van der Waals surface area contributed by atoms with E-state index in [9.17, 15) is 0 Å². The minimum atomic E-state index is 0.494. The second-order valence-corrected chi connectivity index (χ2v) is 5.06. The highest BCUT2D eigenvalue weighted by Crippen LogP contribution is 2.24. The first-order valence-corrected chi connectivity index (χ1v) is 7.05. The summed E-state index contributed by atoms with van der Waals surface area (Å²) in [5, 5.41) is 3.46. The molecular formula is C17H27N. The third-order valence-electron chi connectivity index (χ3n) is 3.77. The van der Waals surface area contributed by atoms with Crippen LogP contribution in [-0.4, -0.2) is 7.05 Å². The molecule has 0 bridgehead atoms. The Kier molecular flexibility index (Phi) is 6.74. The van der Waals surface area contributed by atoms with Crippen LogP contribution in [0.5, 0.6) is 0 Å². The van der Waals surface area contributed by atoms with Gasteiger partial charge in [0.25, 0.3) is 0 Å². The SMILES string of the molecule is C=CCCCCCC(NC)c1cccc(C)c1C. The topological polar surface area (TPSA) is 12.0 Å². The Balaban J connectivity index is 2.55. The van der Waals surface area contributed by atoms with E-state index in [0.717, 1.165) is 6.42 Å². The van der Waals surface area contributed by atoms with Gasteiger partial charge < -0.3 is 5.32 Å². The van der Waals surface area contributed by atoms with Gasteiger partial charge in [-0.2, -0.15) is 0 Å². The Morgan fingerprint density at radius 3 is 2.67 bits per heavy atom. The molecule has 100 valence electrons. The van der Waals surface area contributed by atoms with Crippen LogP contribution in [0.4, 0.5) is 0 Å². The summed E-state index contributed by atoms with van der Waals surface area (Å²) < 4.78 is 0. The van der Waals surface area contributed by atoms with Gasteiger partial charge in [0.1, 0.15) is 0 Å². The van der Waals surface area contributed by atoms with E-state index in [1.54, 1.807) is 0 Å². The summed E-state index contributed by atoms with van der Waals surface area (Å²) in [6, 6.07) is 7.11. The number of hydrogen-bond donors (Lipinski definition) is 1. The van der Waals surface area contributed by atoms with Gasteiger partial charge in [-0.25, -0.2) is 0 Å². The molecule has 0 amide bonds. The highest BCUT2D eigenvalue weighted by Gasteiger charge is 2.11. The van der Waals surface area contributed by atoms with E-state index >= 15 is 0 Å². The molecule has 1 rings (SSSR count). The zero-order chi connectivity index (χ0) is 13.4. The summed E-state index contributed by atoms with van der Waals surface area (Å²) in [4.78, 5) is 0. The number of aryl methyl sites for hydroxylation is 1. The molecule has 1 aromatic rings. The lowest BCUT2D eigenvalue weighted by Gasteiger charge is -2.20. The van der Waals surface area contributed by atoms with Crippen LogP contribution in [0.2, 0.25) is 0 Å². The van der Waals surface area contributed by atoms with E-state index in [-0.39, 0.29) is 0 Å². The van der Waals surface area contributed by atoms with Crippen molar-refractivity contribution >= 4 is 0 Å². The van der Waals surface area contributed by atoms with E-state index in [1.807, 2.05) is 6.08 Å². The van der Waals surface area contributed by atoms with Gasteiger partial charge in [-0.15, -0.1) is 6.58 Å². The molecule has 0 aliphatic rings.